The summed E-state index contributed by atoms with van der Waals surface area (Å²) in [7, 11) is 0. The lowest BCUT2D eigenvalue weighted by molar-refractivity contribution is -0.123. The highest BCUT2D eigenvalue weighted by atomic mass is 16.2. The number of nitrogens with zero attached hydrogens (tertiary/aromatic N) is 2. The van der Waals surface area contributed by atoms with E-state index in [2.05, 4.69) is 10.3 Å². The summed E-state index contributed by atoms with van der Waals surface area (Å²) in [5.41, 5.74) is 6.23. The van der Waals surface area contributed by atoms with Crippen LogP contribution in [-0.2, 0) is 11.2 Å². The summed E-state index contributed by atoms with van der Waals surface area (Å²) in [5.74, 6) is -0.354. The molecule has 1 saturated heterocycles. The minimum atomic E-state index is -0.264. The average molecular weight is 276 g/mol. The minimum absolute atomic E-state index is 0.0798. The van der Waals surface area contributed by atoms with Crippen molar-refractivity contribution in [3.8, 4) is 0 Å². The first kappa shape index (κ1) is 14.3. The van der Waals surface area contributed by atoms with Crippen LogP contribution in [0, 0.1) is 5.92 Å². The first-order valence-electron chi connectivity index (χ1n) is 6.89. The van der Waals surface area contributed by atoms with Gasteiger partial charge in [0.05, 0.1) is 0 Å². The lowest BCUT2D eigenvalue weighted by Crippen LogP contribution is -2.46. The second-order valence-electron chi connectivity index (χ2n) is 4.97. The summed E-state index contributed by atoms with van der Waals surface area (Å²) >= 11 is 0. The molecular weight excluding hydrogens is 256 g/mol. The topological polar surface area (TPSA) is 88.3 Å². The quantitative estimate of drug-likeness (QED) is 0.840. The SMILES string of the molecule is NC(=O)C1CCN(C(=O)NCCc2ccccn2)CC1. The second-order valence-corrected chi connectivity index (χ2v) is 4.97. The number of amides is 3. The Morgan fingerprint density at radius 3 is 2.70 bits per heavy atom. The van der Waals surface area contributed by atoms with Crippen molar-refractivity contribution < 1.29 is 9.59 Å². The van der Waals surface area contributed by atoms with Crippen molar-refractivity contribution in [2.75, 3.05) is 19.6 Å². The number of aromatic nitrogens is 1. The van der Waals surface area contributed by atoms with E-state index < -0.39 is 0 Å². The van der Waals surface area contributed by atoms with Crippen molar-refractivity contribution in [2.45, 2.75) is 19.3 Å². The number of rotatable bonds is 4. The third-order valence-electron chi connectivity index (χ3n) is 3.57. The summed E-state index contributed by atoms with van der Waals surface area (Å²) in [6.45, 7) is 1.73. The van der Waals surface area contributed by atoms with E-state index in [-0.39, 0.29) is 17.9 Å². The van der Waals surface area contributed by atoms with Gasteiger partial charge >= 0.3 is 6.03 Å². The number of hydrogen-bond donors (Lipinski definition) is 2. The summed E-state index contributed by atoms with van der Waals surface area (Å²) < 4.78 is 0. The predicted molar refractivity (Wildman–Crippen MR) is 74.8 cm³/mol. The third kappa shape index (κ3) is 3.94. The molecule has 6 heteroatoms. The van der Waals surface area contributed by atoms with E-state index in [0.29, 0.717) is 38.9 Å². The van der Waals surface area contributed by atoms with Crippen molar-refractivity contribution in [3.63, 3.8) is 0 Å². The van der Waals surface area contributed by atoms with Crippen molar-refractivity contribution in [1.29, 1.82) is 0 Å². The molecule has 0 spiro atoms. The van der Waals surface area contributed by atoms with Crippen LogP contribution in [0.1, 0.15) is 18.5 Å². The Balaban J connectivity index is 1.69. The monoisotopic (exact) mass is 276 g/mol. The van der Waals surface area contributed by atoms with Crippen LogP contribution in [0.25, 0.3) is 0 Å². The van der Waals surface area contributed by atoms with Gasteiger partial charge in [-0.2, -0.15) is 0 Å². The Bertz CT molecular complexity index is 456. The zero-order valence-corrected chi connectivity index (χ0v) is 11.4. The number of urea groups is 1. The zero-order valence-electron chi connectivity index (χ0n) is 11.4. The number of primary amides is 1. The van der Waals surface area contributed by atoms with Crippen LogP contribution < -0.4 is 11.1 Å². The molecule has 1 aliphatic heterocycles. The fourth-order valence-corrected chi connectivity index (χ4v) is 2.32. The van der Waals surface area contributed by atoms with Gasteiger partial charge in [0.15, 0.2) is 0 Å². The molecule has 0 aliphatic carbocycles. The van der Waals surface area contributed by atoms with Gasteiger partial charge in [-0.25, -0.2) is 4.79 Å². The lowest BCUT2D eigenvalue weighted by Gasteiger charge is -2.30. The molecule has 0 saturated carbocycles. The smallest absolute Gasteiger partial charge is 0.317 e. The van der Waals surface area contributed by atoms with Gasteiger partial charge in [0.25, 0.3) is 0 Å². The molecule has 6 nitrogen and oxygen atoms in total. The third-order valence-corrected chi connectivity index (χ3v) is 3.57. The molecule has 0 radical (unpaired) electrons. The van der Waals surface area contributed by atoms with Crippen LogP contribution in [-0.4, -0.2) is 41.5 Å². The minimum Gasteiger partial charge on any atom is -0.369 e. The van der Waals surface area contributed by atoms with Crippen LogP contribution >= 0.6 is 0 Å². The van der Waals surface area contributed by atoms with Gasteiger partial charge in [-0.3, -0.25) is 9.78 Å². The second kappa shape index (κ2) is 6.88. The Morgan fingerprint density at radius 1 is 1.35 bits per heavy atom. The first-order valence-corrected chi connectivity index (χ1v) is 6.89. The molecule has 0 unspecified atom stereocenters. The van der Waals surface area contributed by atoms with Gasteiger partial charge in [-0.15, -0.1) is 0 Å². The van der Waals surface area contributed by atoms with Crippen molar-refractivity contribution in [3.05, 3.63) is 30.1 Å². The molecule has 1 aromatic heterocycles. The van der Waals surface area contributed by atoms with Crippen LogP contribution in [0.2, 0.25) is 0 Å². The first-order chi connectivity index (χ1) is 9.66. The summed E-state index contributed by atoms with van der Waals surface area (Å²) in [6.07, 6.45) is 3.77. The molecule has 0 aromatic carbocycles. The number of nitrogens with one attached hydrogen (secondary N) is 1. The molecule has 2 rings (SSSR count). The number of pyridine rings is 1. The fraction of sp³-hybridized carbons (Fsp3) is 0.500. The van der Waals surface area contributed by atoms with E-state index in [0.717, 1.165) is 5.69 Å². The van der Waals surface area contributed by atoms with Crippen molar-refractivity contribution >= 4 is 11.9 Å². The van der Waals surface area contributed by atoms with E-state index in [1.165, 1.54) is 0 Å². The van der Waals surface area contributed by atoms with Crippen LogP contribution in [0.15, 0.2) is 24.4 Å². The number of likely N-dealkylation sites (tertiary alicyclic amines) is 1. The lowest BCUT2D eigenvalue weighted by atomic mass is 9.96. The van der Waals surface area contributed by atoms with E-state index >= 15 is 0 Å². The Kier molecular flexibility index (Phi) is 4.92. The van der Waals surface area contributed by atoms with E-state index in [9.17, 15) is 9.59 Å². The molecule has 1 aliphatic rings. The summed E-state index contributed by atoms with van der Waals surface area (Å²) in [4.78, 5) is 28.9. The van der Waals surface area contributed by atoms with Crippen molar-refractivity contribution in [2.24, 2.45) is 11.7 Å². The van der Waals surface area contributed by atoms with E-state index in [1.54, 1.807) is 11.1 Å². The number of nitrogens with two attached hydrogens (primary N) is 1. The standard InChI is InChI=1S/C14H20N4O2/c15-13(19)11-5-9-18(10-6-11)14(20)17-8-4-12-3-1-2-7-16-12/h1-3,7,11H,4-6,8-10H2,(H2,15,19)(H,17,20). The highest BCUT2D eigenvalue weighted by molar-refractivity contribution is 5.78. The number of carbonyl (C=O) groups excluding carboxylic acids is 2. The highest BCUT2D eigenvalue weighted by Crippen LogP contribution is 2.16. The fourth-order valence-electron chi connectivity index (χ4n) is 2.32. The molecule has 2 heterocycles. The predicted octanol–water partition coefficient (Wildman–Crippen LogP) is 0.531. The molecule has 0 atom stereocenters. The number of hydrogen-bond acceptors (Lipinski definition) is 3. The molecule has 20 heavy (non-hydrogen) atoms. The largest absolute Gasteiger partial charge is 0.369 e. The van der Waals surface area contributed by atoms with Crippen LogP contribution in [0.3, 0.4) is 0 Å². The molecule has 0 bridgehead atoms. The van der Waals surface area contributed by atoms with Gasteiger partial charge in [0.2, 0.25) is 5.91 Å². The summed E-state index contributed by atoms with van der Waals surface area (Å²) in [6, 6.07) is 5.65. The maximum absolute atomic E-state index is 11.9. The van der Waals surface area contributed by atoms with Gasteiger partial charge in [-0.05, 0) is 25.0 Å². The van der Waals surface area contributed by atoms with E-state index in [1.807, 2.05) is 18.2 Å². The Hall–Kier alpha value is -2.11. The summed E-state index contributed by atoms with van der Waals surface area (Å²) in [5, 5.41) is 2.88. The highest BCUT2D eigenvalue weighted by Gasteiger charge is 2.25. The molecule has 1 fully saturated rings. The maximum atomic E-state index is 11.9. The Morgan fingerprint density at radius 2 is 2.10 bits per heavy atom. The number of carbonyl (C=O) groups is 2. The van der Waals surface area contributed by atoms with Gasteiger partial charge in [0, 0.05) is 43.9 Å². The molecule has 1 aromatic rings. The average Bonchev–Trinajstić information content (AvgIpc) is 2.48. The molecule has 3 amide bonds. The normalized spacial score (nSPS) is 15.9. The van der Waals surface area contributed by atoms with Crippen LogP contribution in [0.5, 0.6) is 0 Å². The van der Waals surface area contributed by atoms with Crippen LogP contribution in [0.4, 0.5) is 4.79 Å². The molecule has 108 valence electrons. The number of piperidine rings is 1. The van der Waals surface area contributed by atoms with Gasteiger partial charge in [-0.1, -0.05) is 6.07 Å². The van der Waals surface area contributed by atoms with Gasteiger partial charge < -0.3 is 16.0 Å². The van der Waals surface area contributed by atoms with Crippen molar-refractivity contribution in [1.82, 2.24) is 15.2 Å². The molecular formula is C14H20N4O2. The maximum Gasteiger partial charge on any atom is 0.317 e. The van der Waals surface area contributed by atoms with Gasteiger partial charge in [0.1, 0.15) is 0 Å². The molecule has 3 N–H and O–H groups in total. The van der Waals surface area contributed by atoms with E-state index in [4.69, 9.17) is 5.73 Å². The zero-order chi connectivity index (χ0) is 14.4. The Labute approximate surface area is 118 Å².